The average molecular weight is 445 g/mol. The summed E-state index contributed by atoms with van der Waals surface area (Å²) in [6, 6.07) is 18.4. The van der Waals surface area contributed by atoms with Crippen molar-refractivity contribution >= 4 is 57.4 Å². The summed E-state index contributed by atoms with van der Waals surface area (Å²) in [6.07, 6.45) is 0. The molecule has 0 fully saturated rings. The first-order valence-corrected chi connectivity index (χ1v) is 9.65. The highest BCUT2D eigenvalue weighted by Crippen LogP contribution is 2.31. The van der Waals surface area contributed by atoms with Gasteiger partial charge in [0.25, 0.3) is 5.91 Å². The van der Waals surface area contributed by atoms with Gasteiger partial charge in [-0.2, -0.15) is 0 Å². The summed E-state index contributed by atoms with van der Waals surface area (Å²) >= 11 is 18.4. The number of rotatable bonds is 3. The molecule has 0 aliphatic heterocycles. The van der Waals surface area contributed by atoms with E-state index in [4.69, 9.17) is 39.2 Å². The Hall–Kier alpha value is -2.79. The topological polar surface area (TPSA) is 59.3 Å². The molecule has 1 N–H and O–H groups in total. The molecule has 0 spiro atoms. The number of benzene rings is 3. The van der Waals surface area contributed by atoms with Crippen LogP contribution in [0.2, 0.25) is 15.1 Å². The lowest BCUT2D eigenvalue weighted by Gasteiger charge is -2.10. The molecule has 4 rings (SSSR count). The van der Waals surface area contributed by atoms with Crippen LogP contribution in [0.5, 0.6) is 0 Å². The first kappa shape index (κ1) is 19.5. The molecule has 29 heavy (non-hydrogen) atoms. The van der Waals surface area contributed by atoms with Crippen molar-refractivity contribution < 1.29 is 9.21 Å². The van der Waals surface area contributed by atoms with Crippen molar-refractivity contribution in [1.29, 1.82) is 0 Å². The SMILES string of the molecule is O=C(Nc1ccc(-c2cc3ccccc3oc2=O)c(Cl)c1)c1cc(Cl)ccc1Cl. The van der Waals surface area contributed by atoms with E-state index in [1.165, 1.54) is 6.07 Å². The summed E-state index contributed by atoms with van der Waals surface area (Å²) in [7, 11) is 0. The maximum absolute atomic E-state index is 12.5. The Morgan fingerprint density at radius 1 is 0.828 bits per heavy atom. The van der Waals surface area contributed by atoms with Gasteiger partial charge in [0.05, 0.1) is 21.2 Å². The first-order valence-electron chi connectivity index (χ1n) is 8.51. The number of carbonyl (C=O) groups is 1. The summed E-state index contributed by atoms with van der Waals surface area (Å²) in [5.74, 6) is -0.425. The summed E-state index contributed by atoms with van der Waals surface area (Å²) < 4.78 is 5.37. The Bertz CT molecular complexity index is 1310. The van der Waals surface area contributed by atoms with Crippen molar-refractivity contribution in [3.05, 3.63) is 97.8 Å². The van der Waals surface area contributed by atoms with Gasteiger partial charge < -0.3 is 9.73 Å². The number of para-hydroxylation sites is 1. The molecule has 3 aromatic carbocycles. The van der Waals surface area contributed by atoms with E-state index in [1.54, 1.807) is 48.5 Å². The van der Waals surface area contributed by atoms with Crippen molar-refractivity contribution in [2.75, 3.05) is 5.32 Å². The molecule has 0 saturated heterocycles. The molecule has 0 bridgehead atoms. The Labute approximate surface area is 180 Å². The normalized spacial score (nSPS) is 10.9. The van der Waals surface area contributed by atoms with E-state index in [1.807, 2.05) is 12.1 Å². The fraction of sp³-hybridized carbons (Fsp3) is 0. The van der Waals surface area contributed by atoms with Crippen LogP contribution in [0.1, 0.15) is 10.4 Å². The predicted octanol–water partition coefficient (Wildman–Crippen LogP) is 6.67. The number of hydrogen-bond acceptors (Lipinski definition) is 3. The monoisotopic (exact) mass is 443 g/mol. The largest absolute Gasteiger partial charge is 0.422 e. The molecule has 144 valence electrons. The van der Waals surface area contributed by atoms with Crippen LogP contribution in [0.25, 0.3) is 22.1 Å². The number of halogens is 3. The van der Waals surface area contributed by atoms with E-state index in [-0.39, 0.29) is 10.6 Å². The van der Waals surface area contributed by atoms with Crippen LogP contribution in [-0.2, 0) is 0 Å². The van der Waals surface area contributed by atoms with Crippen molar-refractivity contribution in [2.24, 2.45) is 0 Å². The van der Waals surface area contributed by atoms with E-state index in [2.05, 4.69) is 5.32 Å². The third kappa shape index (κ3) is 4.01. The Balaban J connectivity index is 1.67. The second kappa shape index (κ2) is 7.91. The van der Waals surface area contributed by atoms with Crippen molar-refractivity contribution in [3.8, 4) is 11.1 Å². The number of amides is 1. The van der Waals surface area contributed by atoms with Crippen LogP contribution in [-0.4, -0.2) is 5.91 Å². The second-order valence-corrected chi connectivity index (χ2v) is 7.51. The van der Waals surface area contributed by atoms with Crippen LogP contribution < -0.4 is 10.9 Å². The smallest absolute Gasteiger partial charge is 0.344 e. The van der Waals surface area contributed by atoms with Gasteiger partial charge in [-0.15, -0.1) is 0 Å². The van der Waals surface area contributed by atoms with Crippen LogP contribution in [0.3, 0.4) is 0 Å². The minimum absolute atomic E-state index is 0.245. The molecule has 4 nitrogen and oxygen atoms in total. The number of anilines is 1. The fourth-order valence-electron chi connectivity index (χ4n) is 2.93. The highest BCUT2D eigenvalue weighted by atomic mass is 35.5. The van der Waals surface area contributed by atoms with Crippen molar-refractivity contribution in [1.82, 2.24) is 0 Å². The molecule has 7 heteroatoms. The minimum atomic E-state index is -0.493. The van der Waals surface area contributed by atoms with E-state index < -0.39 is 11.5 Å². The zero-order chi connectivity index (χ0) is 20.5. The third-order valence-corrected chi connectivity index (χ3v) is 5.21. The van der Waals surface area contributed by atoms with Gasteiger partial charge in [0.15, 0.2) is 0 Å². The van der Waals surface area contributed by atoms with Gasteiger partial charge in [0.2, 0.25) is 0 Å². The lowest BCUT2D eigenvalue weighted by Crippen LogP contribution is -2.12. The maximum atomic E-state index is 12.5. The summed E-state index contributed by atoms with van der Waals surface area (Å²) in [4.78, 5) is 24.9. The fourth-order valence-corrected chi connectivity index (χ4v) is 3.59. The molecule has 0 aliphatic rings. The van der Waals surface area contributed by atoms with Crippen molar-refractivity contribution in [3.63, 3.8) is 0 Å². The van der Waals surface area contributed by atoms with E-state index in [0.717, 1.165) is 5.39 Å². The molecule has 0 saturated carbocycles. The third-order valence-electron chi connectivity index (χ3n) is 4.33. The van der Waals surface area contributed by atoms with E-state index in [9.17, 15) is 9.59 Å². The average Bonchev–Trinajstić information content (AvgIpc) is 2.69. The predicted molar refractivity (Wildman–Crippen MR) is 117 cm³/mol. The lowest BCUT2D eigenvalue weighted by atomic mass is 10.1. The highest BCUT2D eigenvalue weighted by molar-refractivity contribution is 6.36. The van der Waals surface area contributed by atoms with E-state index >= 15 is 0 Å². The summed E-state index contributed by atoms with van der Waals surface area (Å²) in [6.45, 7) is 0. The van der Waals surface area contributed by atoms with E-state index in [0.29, 0.717) is 32.4 Å². The van der Waals surface area contributed by atoms with Gasteiger partial charge in [-0.25, -0.2) is 4.79 Å². The molecule has 1 aromatic heterocycles. The first-order chi connectivity index (χ1) is 13.9. The highest BCUT2D eigenvalue weighted by Gasteiger charge is 2.14. The van der Waals surface area contributed by atoms with Gasteiger partial charge in [-0.1, -0.05) is 59.1 Å². The molecule has 4 aromatic rings. The number of nitrogens with one attached hydrogen (secondary N) is 1. The van der Waals surface area contributed by atoms with Gasteiger partial charge in [-0.05, 0) is 42.5 Å². The van der Waals surface area contributed by atoms with Gasteiger partial charge in [-0.3, -0.25) is 4.79 Å². The van der Waals surface area contributed by atoms with Crippen LogP contribution in [0.4, 0.5) is 5.69 Å². The van der Waals surface area contributed by atoms with Gasteiger partial charge >= 0.3 is 5.63 Å². The second-order valence-electron chi connectivity index (χ2n) is 6.26. The number of carbonyl (C=O) groups excluding carboxylic acids is 1. The van der Waals surface area contributed by atoms with Crippen LogP contribution in [0.15, 0.2) is 75.9 Å². The maximum Gasteiger partial charge on any atom is 0.344 e. The van der Waals surface area contributed by atoms with Crippen molar-refractivity contribution in [2.45, 2.75) is 0 Å². The van der Waals surface area contributed by atoms with Crippen LogP contribution >= 0.6 is 34.8 Å². The minimum Gasteiger partial charge on any atom is -0.422 e. The number of fused-ring (bicyclic) bond motifs is 1. The Morgan fingerprint density at radius 3 is 2.41 bits per heavy atom. The lowest BCUT2D eigenvalue weighted by molar-refractivity contribution is 0.102. The molecule has 0 aliphatic carbocycles. The van der Waals surface area contributed by atoms with Crippen LogP contribution in [0, 0.1) is 0 Å². The Morgan fingerprint density at radius 2 is 1.62 bits per heavy atom. The molecule has 1 heterocycles. The Kier molecular flexibility index (Phi) is 5.33. The molecule has 0 atom stereocenters. The zero-order valence-electron chi connectivity index (χ0n) is 14.7. The zero-order valence-corrected chi connectivity index (χ0v) is 17.0. The molecular weight excluding hydrogens is 433 g/mol. The van der Waals surface area contributed by atoms with Gasteiger partial charge in [0, 0.05) is 21.7 Å². The summed E-state index contributed by atoms with van der Waals surface area (Å²) in [5, 5.41) is 4.48. The molecular formula is C22H12Cl3NO3. The summed E-state index contributed by atoms with van der Waals surface area (Å²) in [5.41, 5.74) is 1.54. The van der Waals surface area contributed by atoms with Gasteiger partial charge in [0.1, 0.15) is 5.58 Å². The standard InChI is InChI=1S/C22H12Cl3NO3/c23-13-5-8-18(24)17(10-13)21(27)26-14-6-7-15(19(25)11-14)16-9-12-3-1-2-4-20(12)29-22(16)28/h1-11H,(H,26,27). The molecule has 1 amide bonds. The quantitative estimate of drug-likeness (QED) is 0.359. The number of hydrogen-bond donors (Lipinski definition) is 1. The molecule has 0 radical (unpaired) electrons. The molecule has 0 unspecified atom stereocenters.